The van der Waals surface area contributed by atoms with E-state index in [1.807, 2.05) is 32.0 Å². The van der Waals surface area contributed by atoms with Gasteiger partial charge in [0.15, 0.2) is 0 Å². The van der Waals surface area contributed by atoms with Crippen molar-refractivity contribution in [1.82, 2.24) is 0 Å². The number of aliphatic hydroxyl groups is 1. The molecular weight excluding hydrogens is 172 g/mol. The highest BCUT2D eigenvalue weighted by molar-refractivity contribution is 5.16. The number of hydrogen-bond donors (Lipinski definition) is 1. The second-order valence-corrected chi connectivity index (χ2v) is 3.96. The summed E-state index contributed by atoms with van der Waals surface area (Å²) in [5, 5.41) is 9.76. The van der Waals surface area contributed by atoms with Crippen LogP contribution in [0.15, 0.2) is 42.5 Å². The molecule has 1 nitrogen and oxygen atoms in total. The minimum Gasteiger partial charge on any atom is -0.388 e. The maximum Gasteiger partial charge on any atom is 0.0773 e. The van der Waals surface area contributed by atoms with Crippen molar-refractivity contribution in [3.8, 4) is 0 Å². The lowest BCUT2D eigenvalue weighted by molar-refractivity contribution is 0.151. The van der Waals surface area contributed by atoms with Crippen LogP contribution in [0.2, 0.25) is 0 Å². The highest BCUT2D eigenvalue weighted by Gasteiger charge is 2.14. The standard InChI is InChI=1S/C13H18O/c1-10(2)13(14)11(3)9-12-7-5-4-6-8-12/h4-8,11,13-14H,1,9H2,2-3H3/t11-,13-/m0/s1. The molecule has 0 amide bonds. The molecule has 0 fully saturated rings. The summed E-state index contributed by atoms with van der Waals surface area (Å²) < 4.78 is 0. The molecule has 1 heteroatoms. The zero-order valence-electron chi connectivity index (χ0n) is 8.90. The van der Waals surface area contributed by atoms with E-state index in [0.717, 1.165) is 12.0 Å². The smallest absolute Gasteiger partial charge is 0.0773 e. The fraction of sp³-hybridized carbons (Fsp3) is 0.385. The maximum atomic E-state index is 9.76. The zero-order valence-corrected chi connectivity index (χ0v) is 8.90. The molecular formula is C13H18O. The first-order valence-corrected chi connectivity index (χ1v) is 4.98. The Morgan fingerprint density at radius 2 is 1.93 bits per heavy atom. The average Bonchev–Trinajstić information content (AvgIpc) is 2.18. The van der Waals surface area contributed by atoms with E-state index < -0.39 is 6.10 Å². The molecule has 0 saturated heterocycles. The van der Waals surface area contributed by atoms with Gasteiger partial charge in [-0.1, -0.05) is 49.4 Å². The lowest BCUT2D eigenvalue weighted by Crippen LogP contribution is -2.20. The van der Waals surface area contributed by atoms with Gasteiger partial charge in [0, 0.05) is 0 Å². The third kappa shape index (κ3) is 3.00. The first-order valence-electron chi connectivity index (χ1n) is 4.98. The van der Waals surface area contributed by atoms with Crippen LogP contribution in [-0.4, -0.2) is 11.2 Å². The van der Waals surface area contributed by atoms with Gasteiger partial charge in [-0.05, 0) is 24.8 Å². The molecule has 2 atom stereocenters. The molecule has 0 spiro atoms. The summed E-state index contributed by atoms with van der Waals surface area (Å²) in [5.41, 5.74) is 2.11. The van der Waals surface area contributed by atoms with Gasteiger partial charge in [0.1, 0.15) is 0 Å². The van der Waals surface area contributed by atoms with Gasteiger partial charge in [-0.3, -0.25) is 0 Å². The molecule has 1 aromatic carbocycles. The van der Waals surface area contributed by atoms with E-state index in [-0.39, 0.29) is 5.92 Å². The Labute approximate surface area is 86.1 Å². The van der Waals surface area contributed by atoms with Crippen molar-refractivity contribution in [2.45, 2.75) is 26.4 Å². The van der Waals surface area contributed by atoms with E-state index in [1.165, 1.54) is 5.56 Å². The van der Waals surface area contributed by atoms with E-state index >= 15 is 0 Å². The van der Waals surface area contributed by atoms with Crippen molar-refractivity contribution >= 4 is 0 Å². The Hall–Kier alpha value is -1.08. The van der Waals surface area contributed by atoms with Crippen LogP contribution in [0.5, 0.6) is 0 Å². The monoisotopic (exact) mass is 190 g/mol. The molecule has 1 aromatic rings. The topological polar surface area (TPSA) is 20.2 Å². The quantitative estimate of drug-likeness (QED) is 0.724. The number of benzene rings is 1. The number of rotatable bonds is 4. The molecule has 0 aliphatic rings. The first kappa shape index (κ1) is 11.0. The summed E-state index contributed by atoms with van der Waals surface area (Å²) in [6.45, 7) is 7.68. The maximum absolute atomic E-state index is 9.76. The second kappa shape index (κ2) is 4.97. The molecule has 14 heavy (non-hydrogen) atoms. The number of hydrogen-bond acceptors (Lipinski definition) is 1. The summed E-state index contributed by atoms with van der Waals surface area (Å²) in [4.78, 5) is 0. The minimum atomic E-state index is -0.393. The van der Waals surface area contributed by atoms with Gasteiger partial charge in [-0.2, -0.15) is 0 Å². The van der Waals surface area contributed by atoms with Gasteiger partial charge in [0.05, 0.1) is 6.10 Å². The summed E-state index contributed by atoms with van der Waals surface area (Å²) in [6, 6.07) is 10.2. The van der Waals surface area contributed by atoms with Crippen molar-refractivity contribution in [3.63, 3.8) is 0 Å². The Bertz CT molecular complexity index is 289. The van der Waals surface area contributed by atoms with E-state index in [9.17, 15) is 5.11 Å². The predicted molar refractivity (Wildman–Crippen MR) is 60.1 cm³/mol. The van der Waals surface area contributed by atoms with E-state index in [1.54, 1.807) is 0 Å². The molecule has 0 aliphatic heterocycles. The Balaban J connectivity index is 2.57. The van der Waals surface area contributed by atoms with Crippen molar-refractivity contribution in [3.05, 3.63) is 48.0 Å². The minimum absolute atomic E-state index is 0.231. The van der Waals surface area contributed by atoms with Crippen LogP contribution >= 0.6 is 0 Å². The third-order valence-electron chi connectivity index (χ3n) is 2.44. The lowest BCUT2D eigenvalue weighted by atomic mass is 9.92. The molecule has 0 aromatic heterocycles. The summed E-state index contributed by atoms with van der Waals surface area (Å²) in [6.07, 6.45) is 0.504. The summed E-state index contributed by atoms with van der Waals surface area (Å²) >= 11 is 0. The summed E-state index contributed by atoms with van der Waals surface area (Å²) in [5.74, 6) is 0.231. The Kier molecular flexibility index (Phi) is 3.90. The van der Waals surface area contributed by atoms with Crippen LogP contribution in [-0.2, 0) is 6.42 Å². The van der Waals surface area contributed by atoms with Gasteiger partial charge in [0.2, 0.25) is 0 Å². The normalized spacial score (nSPS) is 14.8. The molecule has 0 aliphatic carbocycles. The van der Waals surface area contributed by atoms with Gasteiger partial charge in [0.25, 0.3) is 0 Å². The predicted octanol–water partition coefficient (Wildman–Crippen LogP) is 2.80. The molecule has 0 unspecified atom stereocenters. The highest BCUT2D eigenvalue weighted by atomic mass is 16.3. The molecule has 0 bridgehead atoms. The van der Waals surface area contributed by atoms with Crippen molar-refractivity contribution in [2.24, 2.45) is 5.92 Å². The highest BCUT2D eigenvalue weighted by Crippen LogP contribution is 2.16. The van der Waals surface area contributed by atoms with E-state index in [2.05, 4.69) is 18.7 Å². The first-order chi connectivity index (χ1) is 6.61. The SMILES string of the molecule is C=C(C)[C@H](O)[C@@H](C)Cc1ccccc1. The van der Waals surface area contributed by atoms with Crippen LogP contribution < -0.4 is 0 Å². The Morgan fingerprint density at radius 1 is 1.36 bits per heavy atom. The molecule has 1 rings (SSSR count). The molecule has 76 valence electrons. The van der Waals surface area contributed by atoms with Crippen molar-refractivity contribution in [2.75, 3.05) is 0 Å². The van der Waals surface area contributed by atoms with Crippen LogP contribution in [0.25, 0.3) is 0 Å². The van der Waals surface area contributed by atoms with Gasteiger partial charge in [-0.15, -0.1) is 0 Å². The van der Waals surface area contributed by atoms with Crippen LogP contribution in [0, 0.1) is 5.92 Å². The number of aliphatic hydroxyl groups excluding tert-OH is 1. The molecule has 0 saturated carbocycles. The van der Waals surface area contributed by atoms with Crippen LogP contribution in [0.3, 0.4) is 0 Å². The molecule has 0 heterocycles. The van der Waals surface area contributed by atoms with E-state index in [4.69, 9.17) is 0 Å². The van der Waals surface area contributed by atoms with Gasteiger partial charge < -0.3 is 5.11 Å². The second-order valence-electron chi connectivity index (χ2n) is 3.96. The van der Waals surface area contributed by atoms with Crippen LogP contribution in [0.1, 0.15) is 19.4 Å². The van der Waals surface area contributed by atoms with Crippen LogP contribution in [0.4, 0.5) is 0 Å². The largest absolute Gasteiger partial charge is 0.388 e. The fourth-order valence-electron chi connectivity index (χ4n) is 1.58. The van der Waals surface area contributed by atoms with E-state index in [0.29, 0.717) is 0 Å². The summed E-state index contributed by atoms with van der Waals surface area (Å²) in [7, 11) is 0. The van der Waals surface area contributed by atoms with Crippen molar-refractivity contribution < 1.29 is 5.11 Å². The third-order valence-corrected chi connectivity index (χ3v) is 2.44. The Morgan fingerprint density at radius 3 is 2.43 bits per heavy atom. The van der Waals surface area contributed by atoms with Crippen molar-refractivity contribution in [1.29, 1.82) is 0 Å². The average molecular weight is 190 g/mol. The fourth-order valence-corrected chi connectivity index (χ4v) is 1.58. The zero-order chi connectivity index (χ0) is 10.6. The molecule has 1 N–H and O–H groups in total. The van der Waals surface area contributed by atoms with Gasteiger partial charge in [-0.25, -0.2) is 0 Å². The van der Waals surface area contributed by atoms with Gasteiger partial charge >= 0.3 is 0 Å². The molecule has 0 radical (unpaired) electrons. The lowest BCUT2D eigenvalue weighted by Gasteiger charge is -2.18.